The minimum absolute atomic E-state index is 0.0102. The number of carbonyl (C=O) groups excluding carboxylic acids is 2. The van der Waals surface area contributed by atoms with E-state index in [2.05, 4.69) is 15.4 Å². The van der Waals surface area contributed by atoms with Crippen LogP contribution in [0.15, 0.2) is 17.2 Å². The lowest BCUT2D eigenvalue weighted by atomic mass is 10.0. The fourth-order valence-electron chi connectivity index (χ4n) is 2.43. The highest BCUT2D eigenvalue weighted by atomic mass is 32.2. The van der Waals surface area contributed by atoms with Crippen molar-refractivity contribution >= 4 is 22.0 Å². The second-order valence-corrected chi connectivity index (χ2v) is 8.17. The molecule has 0 saturated carbocycles. The molecule has 3 N–H and O–H groups in total. The van der Waals surface area contributed by atoms with Crippen molar-refractivity contribution < 1.29 is 22.7 Å². The Morgan fingerprint density at radius 1 is 1.31 bits per heavy atom. The van der Waals surface area contributed by atoms with E-state index in [0.717, 1.165) is 0 Å². The van der Waals surface area contributed by atoms with Gasteiger partial charge >= 0.3 is 6.09 Å². The summed E-state index contributed by atoms with van der Waals surface area (Å²) in [6.45, 7) is 6.19. The van der Waals surface area contributed by atoms with E-state index in [9.17, 15) is 18.0 Å². The van der Waals surface area contributed by atoms with E-state index in [1.807, 2.05) is 13.8 Å². The molecule has 1 heterocycles. The first-order valence-corrected chi connectivity index (χ1v) is 9.90. The molecular weight excluding hydrogens is 360 g/mol. The zero-order chi connectivity index (χ0) is 19.9. The van der Waals surface area contributed by atoms with Gasteiger partial charge in [0.1, 0.15) is 10.6 Å². The topological polar surface area (TPSA) is 119 Å². The highest BCUT2D eigenvalue weighted by Gasteiger charge is 2.21. The Kier molecular flexibility index (Phi) is 8.09. The minimum Gasteiger partial charge on any atom is -0.450 e. The second kappa shape index (κ2) is 9.58. The van der Waals surface area contributed by atoms with Crippen LogP contribution in [0.2, 0.25) is 0 Å². The first-order chi connectivity index (χ1) is 12.1. The van der Waals surface area contributed by atoms with E-state index in [1.165, 1.54) is 23.9 Å². The Bertz CT molecular complexity index is 727. The third-order valence-corrected chi connectivity index (χ3v) is 5.04. The molecule has 10 heteroatoms. The molecular formula is C16H28N4O5S. The number of aryl methyl sites for hydroxylation is 1. The van der Waals surface area contributed by atoms with Crippen LogP contribution in [0.3, 0.4) is 0 Å². The highest BCUT2D eigenvalue weighted by Crippen LogP contribution is 2.13. The summed E-state index contributed by atoms with van der Waals surface area (Å²) in [6, 6.07) is 1.01. The smallest absolute Gasteiger partial charge is 0.407 e. The molecule has 0 saturated heterocycles. The average molecular weight is 388 g/mol. The number of rotatable bonds is 9. The van der Waals surface area contributed by atoms with Gasteiger partial charge in [0, 0.05) is 25.8 Å². The predicted molar refractivity (Wildman–Crippen MR) is 97.4 cm³/mol. The number of hydrogen-bond acceptors (Lipinski definition) is 5. The molecule has 0 unspecified atom stereocenters. The molecule has 9 nitrogen and oxygen atoms in total. The molecule has 1 rings (SSSR count). The maximum absolute atomic E-state index is 12.4. The van der Waals surface area contributed by atoms with Crippen LogP contribution in [0, 0.1) is 5.92 Å². The van der Waals surface area contributed by atoms with Gasteiger partial charge in [-0.25, -0.2) is 17.9 Å². The van der Waals surface area contributed by atoms with Crippen LogP contribution >= 0.6 is 0 Å². The van der Waals surface area contributed by atoms with E-state index >= 15 is 0 Å². The van der Waals surface area contributed by atoms with Gasteiger partial charge in [0.2, 0.25) is 10.0 Å². The van der Waals surface area contributed by atoms with E-state index in [0.29, 0.717) is 12.3 Å². The normalized spacial score (nSPS) is 12.7. The maximum Gasteiger partial charge on any atom is 0.407 e. The Hall–Kier alpha value is -2.07. The number of carbonyl (C=O) groups is 2. The van der Waals surface area contributed by atoms with Gasteiger partial charge < -0.3 is 19.9 Å². The van der Waals surface area contributed by atoms with Crippen LogP contribution in [-0.4, -0.2) is 51.2 Å². The molecule has 0 aliphatic carbocycles. The molecule has 1 atom stereocenters. The zero-order valence-corrected chi connectivity index (χ0v) is 16.6. The summed E-state index contributed by atoms with van der Waals surface area (Å²) >= 11 is 0. The summed E-state index contributed by atoms with van der Waals surface area (Å²) in [6.07, 6.45) is 1.49. The molecule has 0 aromatic carbocycles. The van der Waals surface area contributed by atoms with Gasteiger partial charge in [0.05, 0.1) is 6.61 Å². The van der Waals surface area contributed by atoms with E-state index < -0.39 is 22.0 Å². The van der Waals surface area contributed by atoms with Gasteiger partial charge in [-0.15, -0.1) is 0 Å². The van der Waals surface area contributed by atoms with Crippen molar-refractivity contribution in [3.8, 4) is 0 Å². The fourth-order valence-corrected chi connectivity index (χ4v) is 3.23. The molecule has 0 aliphatic rings. The summed E-state index contributed by atoms with van der Waals surface area (Å²) in [5, 5.41) is 5.45. The van der Waals surface area contributed by atoms with Gasteiger partial charge in [-0.2, -0.15) is 0 Å². The van der Waals surface area contributed by atoms with E-state index in [-0.39, 0.29) is 29.8 Å². The molecule has 26 heavy (non-hydrogen) atoms. The number of aromatic nitrogens is 1. The fraction of sp³-hybridized carbons (Fsp3) is 0.625. The van der Waals surface area contributed by atoms with Crippen molar-refractivity contribution in [2.24, 2.45) is 13.0 Å². The lowest BCUT2D eigenvalue weighted by molar-refractivity contribution is 0.0936. The Morgan fingerprint density at radius 3 is 2.50 bits per heavy atom. The summed E-state index contributed by atoms with van der Waals surface area (Å²) in [4.78, 5) is 24.0. The van der Waals surface area contributed by atoms with Crippen molar-refractivity contribution in [2.45, 2.75) is 38.1 Å². The number of ether oxygens (including phenoxy) is 1. The quantitative estimate of drug-likeness (QED) is 0.579. The monoisotopic (exact) mass is 388 g/mol. The number of sulfonamides is 1. The molecule has 2 amide bonds. The van der Waals surface area contributed by atoms with Gasteiger partial charge in [-0.3, -0.25) is 4.79 Å². The van der Waals surface area contributed by atoms with Crippen molar-refractivity contribution in [3.63, 3.8) is 0 Å². The SMILES string of the molecule is CCOC(=O)N[C@H](CNC(=O)c1cc(S(=O)(=O)NC)cn1C)CC(C)C. The van der Waals surface area contributed by atoms with Crippen molar-refractivity contribution in [2.75, 3.05) is 20.2 Å². The van der Waals surface area contributed by atoms with Crippen LogP contribution in [0.1, 0.15) is 37.7 Å². The predicted octanol–water partition coefficient (Wildman–Crippen LogP) is 0.824. The number of nitrogens with one attached hydrogen (secondary N) is 3. The van der Waals surface area contributed by atoms with Crippen molar-refractivity contribution in [1.29, 1.82) is 0 Å². The van der Waals surface area contributed by atoms with Crippen molar-refractivity contribution in [1.82, 2.24) is 19.9 Å². The Morgan fingerprint density at radius 2 is 1.96 bits per heavy atom. The molecule has 1 aromatic heterocycles. The lowest BCUT2D eigenvalue weighted by Crippen LogP contribution is -2.44. The first-order valence-electron chi connectivity index (χ1n) is 8.42. The van der Waals surface area contributed by atoms with Gasteiger partial charge in [-0.1, -0.05) is 13.8 Å². The summed E-state index contributed by atoms with van der Waals surface area (Å²) in [5.74, 6) is -0.120. The van der Waals surface area contributed by atoms with Crippen LogP contribution < -0.4 is 15.4 Å². The van der Waals surface area contributed by atoms with Gasteiger partial charge in [0.25, 0.3) is 5.91 Å². The summed E-state index contributed by atoms with van der Waals surface area (Å²) in [5.41, 5.74) is 0.207. The molecule has 148 valence electrons. The standard InChI is InChI=1S/C16H28N4O5S/c1-6-25-16(22)19-12(7-11(2)3)9-18-15(21)14-8-13(10-20(14)5)26(23,24)17-4/h8,10-12,17H,6-7,9H2,1-5H3,(H,18,21)(H,19,22)/t12-/m0/s1. The zero-order valence-electron chi connectivity index (χ0n) is 15.8. The Labute approximate surface area is 154 Å². The largest absolute Gasteiger partial charge is 0.450 e. The molecule has 0 bridgehead atoms. The second-order valence-electron chi connectivity index (χ2n) is 6.28. The van der Waals surface area contributed by atoms with Gasteiger partial charge in [-0.05, 0) is 32.4 Å². The molecule has 0 fully saturated rings. The maximum atomic E-state index is 12.4. The van der Waals surface area contributed by atoms with Crippen LogP contribution in [0.25, 0.3) is 0 Å². The number of amides is 2. The van der Waals surface area contributed by atoms with Crippen LogP contribution in [0.5, 0.6) is 0 Å². The third kappa shape index (κ3) is 6.34. The third-order valence-electron chi connectivity index (χ3n) is 3.65. The average Bonchev–Trinajstić information content (AvgIpc) is 2.94. The number of alkyl carbamates (subject to hydrolysis) is 1. The minimum atomic E-state index is -3.63. The Balaban J connectivity index is 2.80. The van der Waals surface area contributed by atoms with Gasteiger partial charge in [0.15, 0.2) is 0 Å². The highest BCUT2D eigenvalue weighted by molar-refractivity contribution is 7.89. The van der Waals surface area contributed by atoms with Crippen molar-refractivity contribution in [3.05, 3.63) is 18.0 Å². The van der Waals surface area contributed by atoms with Crippen LogP contribution in [0.4, 0.5) is 4.79 Å². The van der Waals surface area contributed by atoms with E-state index in [4.69, 9.17) is 4.74 Å². The number of nitrogens with zero attached hydrogens (tertiary/aromatic N) is 1. The molecule has 0 aliphatic heterocycles. The lowest BCUT2D eigenvalue weighted by Gasteiger charge is -2.20. The first kappa shape index (κ1) is 22.0. The van der Waals surface area contributed by atoms with E-state index in [1.54, 1.807) is 14.0 Å². The van der Waals surface area contributed by atoms with Crippen LogP contribution in [-0.2, 0) is 21.8 Å². The molecule has 0 spiro atoms. The summed E-state index contributed by atoms with van der Waals surface area (Å²) in [7, 11) is -0.733. The summed E-state index contributed by atoms with van der Waals surface area (Å²) < 4.78 is 32.2. The number of hydrogen-bond donors (Lipinski definition) is 3. The molecule has 1 aromatic rings. The molecule has 0 radical (unpaired) electrons.